The summed E-state index contributed by atoms with van der Waals surface area (Å²) in [6.45, 7) is 5.42. The number of hydrogen-bond donors (Lipinski definition) is 1. The lowest BCUT2D eigenvalue weighted by Gasteiger charge is -2.34. The molecule has 1 fully saturated rings. The third-order valence-corrected chi connectivity index (χ3v) is 7.37. The number of aromatic amines is 1. The Morgan fingerprint density at radius 1 is 0.964 bits per heavy atom. The molecule has 28 heavy (non-hydrogen) atoms. The topological polar surface area (TPSA) is 73.5 Å². The van der Waals surface area contributed by atoms with Crippen LogP contribution in [-0.4, -0.2) is 54.7 Å². The van der Waals surface area contributed by atoms with E-state index in [4.69, 9.17) is 0 Å². The van der Waals surface area contributed by atoms with Crippen LogP contribution in [0, 0.1) is 13.8 Å². The van der Waals surface area contributed by atoms with Crippen LogP contribution in [-0.2, 0) is 10.0 Å². The molecule has 3 aromatic rings. The summed E-state index contributed by atoms with van der Waals surface area (Å²) >= 11 is 0. The zero-order valence-corrected chi connectivity index (χ0v) is 16.8. The van der Waals surface area contributed by atoms with E-state index in [-0.39, 0.29) is 5.91 Å². The molecule has 2 heterocycles. The van der Waals surface area contributed by atoms with E-state index < -0.39 is 10.0 Å². The zero-order chi connectivity index (χ0) is 19.9. The first-order chi connectivity index (χ1) is 13.4. The third kappa shape index (κ3) is 3.21. The Bertz CT molecular complexity index is 1130. The van der Waals surface area contributed by atoms with E-state index in [0.717, 1.165) is 22.2 Å². The number of nitrogens with one attached hydrogen (secondary N) is 1. The van der Waals surface area contributed by atoms with E-state index in [1.165, 1.54) is 4.31 Å². The van der Waals surface area contributed by atoms with Crippen molar-refractivity contribution in [3.05, 3.63) is 65.4 Å². The van der Waals surface area contributed by atoms with Gasteiger partial charge >= 0.3 is 0 Å². The van der Waals surface area contributed by atoms with E-state index in [1.807, 2.05) is 32.0 Å². The molecule has 0 bridgehead atoms. The number of carbonyl (C=O) groups excluding carboxylic acids is 1. The highest BCUT2D eigenvalue weighted by atomic mass is 32.2. The van der Waals surface area contributed by atoms with Crippen molar-refractivity contribution in [2.75, 3.05) is 26.2 Å². The quantitative estimate of drug-likeness (QED) is 0.738. The number of sulfonamides is 1. The summed E-state index contributed by atoms with van der Waals surface area (Å²) < 4.78 is 26.9. The summed E-state index contributed by atoms with van der Waals surface area (Å²) in [5.74, 6) is -0.0584. The summed E-state index contributed by atoms with van der Waals surface area (Å²) in [6, 6.07) is 14.1. The highest BCUT2D eigenvalue weighted by molar-refractivity contribution is 7.89. The van der Waals surface area contributed by atoms with E-state index in [0.29, 0.717) is 36.6 Å². The SMILES string of the molecule is Cc1[nH]c2ccc(C(=O)N3CCN(S(=O)(=O)c4ccccc4)CC3)cc2c1C. The largest absolute Gasteiger partial charge is 0.358 e. The molecule has 7 heteroatoms. The summed E-state index contributed by atoms with van der Waals surface area (Å²) in [6.07, 6.45) is 0. The van der Waals surface area contributed by atoms with Crippen LogP contribution in [0.5, 0.6) is 0 Å². The van der Waals surface area contributed by atoms with Gasteiger partial charge in [0.05, 0.1) is 4.90 Å². The second-order valence-electron chi connectivity index (χ2n) is 7.14. The standard InChI is InChI=1S/C21H23N3O3S/c1-15-16(2)22-20-9-8-17(14-19(15)20)21(25)23-10-12-24(13-11-23)28(26,27)18-6-4-3-5-7-18/h3-9,14,22H,10-13H2,1-2H3. The van der Waals surface area contributed by atoms with Crippen molar-refractivity contribution >= 4 is 26.8 Å². The van der Waals surface area contributed by atoms with Gasteiger partial charge in [0.2, 0.25) is 10.0 Å². The van der Waals surface area contributed by atoms with E-state index in [1.54, 1.807) is 35.2 Å². The van der Waals surface area contributed by atoms with E-state index >= 15 is 0 Å². The Balaban J connectivity index is 1.49. The van der Waals surface area contributed by atoms with Crippen molar-refractivity contribution in [3.8, 4) is 0 Å². The summed E-state index contributed by atoms with van der Waals surface area (Å²) in [7, 11) is -3.52. The van der Waals surface area contributed by atoms with Gasteiger partial charge in [0.15, 0.2) is 0 Å². The van der Waals surface area contributed by atoms with Crippen molar-refractivity contribution in [1.29, 1.82) is 0 Å². The lowest BCUT2D eigenvalue weighted by Crippen LogP contribution is -2.50. The van der Waals surface area contributed by atoms with Crippen molar-refractivity contribution in [3.63, 3.8) is 0 Å². The molecule has 0 atom stereocenters. The van der Waals surface area contributed by atoms with Gasteiger partial charge in [-0.25, -0.2) is 8.42 Å². The highest BCUT2D eigenvalue weighted by Crippen LogP contribution is 2.24. The molecule has 6 nitrogen and oxygen atoms in total. The monoisotopic (exact) mass is 397 g/mol. The minimum atomic E-state index is -3.52. The number of hydrogen-bond acceptors (Lipinski definition) is 3. The molecule has 1 aliphatic heterocycles. The van der Waals surface area contributed by atoms with Crippen LogP contribution >= 0.6 is 0 Å². The van der Waals surface area contributed by atoms with Gasteiger partial charge in [-0.15, -0.1) is 0 Å². The van der Waals surface area contributed by atoms with Gasteiger partial charge in [0, 0.05) is 48.3 Å². The van der Waals surface area contributed by atoms with E-state index in [2.05, 4.69) is 4.98 Å². The third-order valence-electron chi connectivity index (χ3n) is 5.46. The van der Waals surface area contributed by atoms with Crippen LogP contribution < -0.4 is 0 Å². The first-order valence-corrected chi connectivity index (χ1v) is 10.8. The summed E-state index contributed by atoms with van der Waals surface area (Å²) in [5, 5.41) is 1.05. The predicted molar refractivity (Wildman–Crippen MR) is 109 cm³/mol. The number of benzene rings is 2. The number of H-pyrrole nitrogens is 1. The number of amides is 1. The van der Waals surface area contributed by atoms with Gasteiger partial charge < -0.3 is 9.88 Å². The van der Waals surface area contributed by atoms with Crippen LogP contribution in [0.25, 0.3) is 10.9 Å². The van der Waals surface area contributed by atoms with Gasteiger partial charge in [-0.2, -0.15) is 4.31 Å². The van der Waals surface area contributed by atoms with Crippen LogP contribution in [0.3, 0.4) is 0 Å². The van der Waals surface area contributed by atoms with Crippen molar-refractivity contribution in [1.82, 2.24) is 14.2 Å². The molecule has 0 radical (unpaired) electrons. The number of carbonyl (C=O) groups is 1. The fraction of sp³-hybridized carbons (Fsp3) is 0.286. The van der Waals surface area contributed by atoms with E-state index in [9.17, 15) is 13.2 Å². The molecule has 1 saturated heterocycles. The number of fused-ring (bicyclic) bond motifs is 1. The number of aryl methyl sites for hydroxylation is 2. The normalized spacial score (nSPS) is 15.9. The Labute approximate surface area is 164 Å². The molecule has 1 aliphatic rings. The lowest BCUT2D eigenvalue weighted by molar-refractivity contribution is 0.0698. The molecule has 1 N–H and O–H groups in total. The van der Waals surface area contributed by atoms with Crippen molar-refractivity contribution < 1.29 is 13.2 Å². The minimum absolute atomic E-state index is 0.0584. The molecule has 0 spiro atoms. The number of piperazine rings is 1. The Kier molecular flexibility index (Phi) is 4.72. The second-order valence-corrected chi connectivity index (χ2v) is 9.08. The molecule has 0 unspecified atom stereocenters. The Morgan fingerprint density at radius 3 is 2.32 bits per heavy atom. The zero-order valence-electron chi connectivity index (χ0n) is 16.0. The molecule has 4 rings (SSSR count). The minimum Gasteiger partial charge on any atom is -0.358 e. The van der Waals surface area contributed by atoms with Gasteiger partial charge in [-0.05, 0) is 49.7 Å². The summed E-state index contributed by atoms with van der Waals surface area (Å²) in [4.78, 5) is 18.3. The van der Waals surface area contributed by atoms with Gasteiger partial charge in [-0.1, -0.05) is 18.2 Å². The second kappa shape index (κ2) is 7.07. The average Bonchev–Trinajstić information content (AvgIpc) is 3.01. The number of rotatable bonds is 3. The Morgan fingerprint density at radius 2 is 1.64 bits per heavy atom. The maximum atomic E-state index is 12.9. The summed E-state index contributed by atoms with van der Waals surface area (Å²) in [5.41, 5.74) is 3.89. The Hall–Kier alpha value is -2.64. The first-order valence-electron chi connectivity index (χ1n) is 9.31. The molecule has 146 valence electrons. The molecule has 1 aromatic heterocycles. The highest BCUT2D eigenvalue weighted by Gasteiger charge is 2.30. The number of nitrogens with zero attached hydrogens (tertiary/aromatic N) is 2. The van der Waals surface area contributed by atoms with Crippen LogP contribution in [0.4, 0.5) is 0 Å². The maximum Gasteiger partial charge on any atom is 0.253 e. The molecule has 2 aromatic carbocycles. The smallest absolute Gasteiger partial charge is 0.253 e. The van der Waals surface area contributed by atoms with Crippen molar-refractivity contribution in [2.24, 2.45) is 0 Å². The molecular weight excluding hydrogens is 374 g/mol. The van der Waals surface area contributed by atoms with Crippen molar-refractivity contribution in [2.45, 2.75) is 18.7 Å². The number of aromatic nitrogens is 1. The molecule has 0 saturated carbocycles. The molecule has 0 aliphatic carbocycles. The van der Waals surface area contributed by atoms with Gasteiger partial charge in [0.25, 0.3) is 5.91 Å². The average molecular weight is 398 g/mol. The first kappa shape index (κ1) is 18.7. The molecule has 1 amide bonds. The maximum absolute atomic E-state index is 12.9. The van der Waals surface area contributed by atoms with Crippen LogP contribution in [0.2, 0.25) is 0 Å². The van der Waals surface area contributed by atoms with Gasteiger partial charge in [0.1, 0.15) is 0 Å². The van der Waals surface area contributed by atoms with Crippen LogP contribution in [0.1, 0.15) is 21.6 Å². The van der Waals surface area contributed by atoms with Crippen LogP contribution in [0.15, 0.2) is 53.4 Å². The fourth-order valence-corrected chi connectivity index (χ4v) is 5.09. The predicted octanol–water partition coefficient (Wildman–Crippen LogP) is 2.93. The lowest BCUT2D eigenvalue weighted by atomic mass is 10.1. The molecular formula is C21H23N3O3S. The van der Waals surface area contributed by atoms with Gasteiger partial charge in [-0.3, -0.25) is 4.79 Å². The fourth-order valence-electron chi connectivity index (χ4n) is 3.65.